The number of hydrogen-bond acceptors (Lipinski definition) is 3. The first-order chi connectivity index (χ1) is 20.7. The van der Waals surface area contributed by atoms with E-state index in [4.69, 9.17) is 14.2 Å². The normalized spacial score (nSPS) is 16.7. The predicted octanol–water partition coefficient (Wildman–Crippen LogP) is 9.78. The number of hydrogen-bond donors (Lipinski definition) is 0. The third-order valence-corrected chi connectivity index (χ3v) is 9.34. The van der Waals surface area contributed by atoms with Crippen molar-refractivity contribution in [2.45, 2.75) is 82.8 Å². The SMILES string of the molecule is CCC(C)c1ccc(OC(OCCOc2ccc(C3CCCCC3)cc2)C2c3ccccc3Cc3ccccc32)cc1. The third kappa shape index (κ3) is 6.57. The van der Waals surface area contributed by atoms with Crippen LogP contribution in [0.25, 0.3) is 0 Å². The molecule has 0 spiro atoms. The van der Waals surface area contributed by atoms with Gasteiger partial charge in [-0.1, -0.05) is 106 Å². The van der Waals surface area contributed by atoms with Crippen molar-refractivity contribution in [1.29, 1.82) is 0 Å². The van der Waals surface area contributed by atoms with Gasteiger partial charge in [0, 0.05) is 0 Å². The van der Waals surface area contributed by atoms with E-state index >= 15 is 0 Å². The minimum absolute atomic E-state index is 0.0323. The Morgan fingerprint density at radius 3 is 1.95 bits per heavy atom. The van der Waals surface area contributed by atoms with E-state index in [0.717, 1.165) is 24.3 Å². The molecule has 4 aromatic rings. The fourth-order valence-corrected chi connectivity index (χ4v) is 6.70. The molecule has 0 saturated heterocycles. The quantitative estimate of drug-likeness (QED) is 0.135. The number of benzene rings is 4. The van der Waals surface area contributed by atoms with E-state index in [0.29, 0.717) is 25.0 Å². The van der Waals surface area contributed by atoms with Gasteiger partial charge in [-0.05, 0) is 95.2 Å². The van der Waals surface area contributed by atoms with Crippen LogP contribution in [0.5, 0.6) is 11.5 Å². The first-order valence-corrected chi connectivity index (χ1v) is 16.0. The first kappa shape index (κ1) is 28.6. The molecule has 2 aliphatic rings. The average molecular weight is 561 g/mol. The molecule has 0 amide bonds. The summed E-state index contributed by atoms with van der Waals surface area (Å²) in [5, 5.41) is 0. The van der Waals surface area contributed by atoms with Crippen LogP contribution in [0.15, 0.2) is 97.1 Å². The molecule has 0 radical (unpaired) electrons. The van der Waals surface area contributed by atoms with E-state index < -0.39 is 6.29 Å². The maximum Gasteiger partial charge on any atom is 0.211 e. The lowest BCUT2D eigenvalue weighted by Crippen LogP contribution is -2.33. The lowest BCUT2D eigenvalue weighted by Gasteiger charge is -2.34. The molecule has 218 valence electrons. The molecule has 1 fully saturated rings. The van der Waals surface area contributed by atoms with Gasteiger partial charge in [-0.15, -0.1) is 0 Å². The van der Waals surface area contributed by atoms with Crippen LogP contribution in [0.4, 0.5) is 0 Å². The maximum absolute atomic E-state index is 6.69. The first-order valence-electron chi connectivity index (χ1n) is 16.0. The molecule has 2 aliphatic carbocycles. The van der Waals surface area contributed by atoms with Gasteiger partial charge in [0.25, 0.3) is 0 Å². The average Bonchev–Trinajstić information content (AvgIpc) is 3.05. The Morgan fingerprint density at radius 1 is 0.690 bits per heavy atom. The molecular formula is C39H44O3. The Labute approximate surface area is 251 Å². The van der Waals surface area contributed by atoms with Crippen LogP contribution in [0.1, 0.15) is 104 Å². The monoisotopic (exact) mass is 560 g/mol. The van der Waals surface area contributed by atoms with Crippen molar-refractivity contribution in [3.05, 3.63) is 130 Å². The Morgan fingerprint density at radius 2 is 1.31 bits per heavy atom. The molecule has 0 bridgehead atoms. The zero-order chi connectivity index (χ0) is 28.7. The van der Waals surface area contributed by atoms with Gasteiger partial charge in [0.2, 0.25) is 6.29 Å². The van der Waals surface area contributed by atoms with Crippen LogP contribution >= 0.6 is 0 Å². The molecule has 2 atom stereocenters. The predicted molar refractivity (Wildman–Crippen MR) is 171 cm³/mol. The fourth-order valence-electron chi connectivity index (χ4n) is 6.70. The van der Waals surface area contributed by atoms with E-state index in [-0.39, 0.29) is 5.92 Å². The molecule has 3 nitrogen and oxygen atoms in total. The van der Waals surface area contributed by atoms with Gasteiger partial charge in [-0.25, -0.2) is 0 Å². The Kier molecular flexibility index (Phi) is 9.25. The van der Waals surface area contributed by atoms with Gasteiger partial charge in [-0.3, -0.25) is 0 Å². The molecule has 0 heterocycles. The van der Waals surface area contributed by atoms with E-state index in [9.17, 15) is 0 Å². The summed E-state index contributed by atoms with van der Waals surface area (Å²) in [6, 6.07) is 34.7. The second-order valence-electron chi connectivity index (χ2n) is 12.0. The van der Waals surface area contributed by atoms with E-state index in [1.807, 2.05) is 0 Å². The van der Waals surface area contributed by atoms with E-state index in [1.54, 1.807) is 0 Å². The molecule has 1 saturated carbocycles. The number of rotatable bonds is 11. The largest absolute Gasteiger partial charge is 0.491 e. The van der Waals surface area contributed by atoms with E-state index in [1.165, 1.54) is 65.5 Å². The van der Waals surface area contributed by atoms with Crippen LogP contribution in [-0.2, 0) is 11.2 Å². The molecular weight excluding hydrogens is 516 g/mol. The second kappa shape index (κ2) is 13.6. The molecule has 0 aromatic heterocycles. The second-order valence-corrected chi connectivity index (χ2v) is 12.0. The molecule has 0 N–H and O–H groups in total. The highest BCUT2D eigenvalue weighted by atomic mass is 16.7. The van der Waals surface area contributed by atoms with Crippen LogP contribution in [-0.4, -0.2) is 19.5 Å². The van der Waals surface area contributed by atoms with Crippen LogP contribution in [0.2, 0.25) is 0 Å². The highest BCUT2D eigenvalue weighted by Gasteiger charge is 2.34. The number of fused-ring (bicyclic) bond motifs is 2. The summed E-state index contributed by atoms with van der Waals surface area (Å²) in [6.07, 6.45) is 8.25. The molecule has 0 aliphatic heterocycles. The van der Waals surface area contributed by atoms with Gasteiger partial charge in [0.05, 0.1) is 12.5 Å². The maximum atomic E-state index is 6.69. The van der Waals surface area contributed by atoms with Crippen molar-refractivity contribution >= 4 is 0 Å². The summed E-state index contributed by atoms with van der Waals surface area (Å²) in [7, 11) is 0. The van der Waals surface area contributed by atoms with E-state index in [2.05, 4.69) is 111 Å². The van der Waals surface area contributed by atoms with Crippen molar-refractivity contribution in [3.8, 4) is 11.5 Å². The topological polar surface area (TPSA) is 27.7 Å². The zero-order valence-corrected chi connectivity index (χ0v) is 25.1. The third-order valence-electron chi connectivity index (χ3n) is 9.34. The van der Waals surface area contributed by atoms with Crippen LogP contribution < -0.4 is 9.47 Å². The zero-order valence-electron chi connectivity index (χ0n) is 25.1. The molecule has 4 aromatic carbocycles. The van der Waals surface area contributed by atoms with Crippen molar-refractivity contribution in [3.63, 3.8) is 0 Å². The summed E-state index contributed by atoms with van der Waals surface area (Å²) in [4.78, 5) is 0. The smallest absolute Gasteiger partial charge is 0.211 e. The molecule has 42 heavy (non-hydrogen) atoms. The molecule has 6 rings (SSSR count). The molecule has 2 unspecified atom stereocenters. The summed E-state index contributed by atoms with van der Waals surface area (Å²) >= 11 is 0. The van der Waals surface area contributed by atoms with Crippen LogP contribution in [0, 0.1) is 0 Å². The lowest BCUT2D eigenvalue weighted by atomic mass is 9.77. The van der Waals surface area contributed by atoms with Gasteiger partial charge in [0.1, 0.15) is 18.1 Å². The van der Waals surface area contributed by atoms with Gasteiger partial charge >= 0.3 is 0 Å². The van der Waals surface area contributed by atoms with Crippen molar-refractivity contribution in [2.24, 2.45) is 0 Å². The lowest BCUT2D eigenvalue weighted by molar-refractivity contribution is -0.0961. The fraction of sp³-hybridized carbons (Fsp3) is 0.385. The standard InChI is InChI=1S/C39H44O3/c1-3-28(2)29-17-23-35(24-18-29)42-39(38-36-15-9-7-13-32(36)27-33-14-8-10-16-37(33)38)41-26-25-40-34-21-19-31(20-22-34)30-11-5-4-6-12-30/h7-10,13-24,28,30,38-39H,3-6,11-12,25-27H2,1-2H3. The van der Waals surface area contributed by atoms with Crippen molar-refractivity contribution in [2.75, 3.05) is 13.2 Å². The van der Waals surface area contributed by atoms with Gasteiger partial charge in [0.15, 0.2) is 0 Å². The minimum Gasteiger partial charge on any atom is -0.491 e. The Hall–Kier alpha value is -3.56. The summed E-state index contributed by atoms with van der Waals surface area (Å²) in [5.41, 5.74) is 7.99. The summed E-state index contributed by atoms with van der Waals surface area (Å²) in [5.74, 6) is 2.92. The van der Waals surface area contributed by atoms with Gasteiger partial charge < -0.3 is 14.2 Å². The number of ether oxygens (including phenoxy) is 3. The Bertz CT molecular complexity index is 1370. The summed E-state index contributed by atoms with van der Waals surface area (Å²) in [6.45, 7) is 5.39. The van der Waals surface area contributed by atoms with Crippen LogP contribution in [0.3, 0.4) is 0 Å². The van der Waals surface area contributed by atoms with Gasteiger partial charge in [-0.2, -0.15) is 0 Å². The minimum atomic E-state index is -0.487. The molecule has 3 heteroatoms. The highest BCUT2D eigenvalue weighted by molar-refractivity contribution is 5.50. The van der Waals surface area contributed by atoms with Crippen molar-refractivity contribution in [1.82, 2.24) is 0 Å². The van der Waals surface area contributed by atoms with Crippen molar-refractivity contribution < 1.29 is 14.2 Å². The Balaban J connectivity index is 1.19. The summed E-state index contributed by atoms with van der Waals surface area (Å²) < 4.78 is 19.4. The highest BCUT2D eigenvalue weighted by Crippen LogP contribution is 2.40.